The second-order valence-electron chi connectivity index (χ2n) is 4.76. The molecule has 1 aromatic carbocycles. The molecule has 2 aromatic rings. The minimum Gasteiger partial charge on any atom is -0.380 e. The maximum absolute atomic E-state index is 11.8. The monoisotopic (exact) mass is 350 g/mol. The van der Waals surface area contributed by atoms with Crippen LogP contribution in [0, 0.1) is 0 Å². The molecule has 1 aliphatic heterocycles. The van der Waals surface area contributed by atoms with Gasteiger partial charge in [-0.2, -0.15) is 0 Å². The number of anilines is 2. The van der Waals surface area contributed by atoms with Gasteiger partial charge in [-0.3, -0.25) is 4.79 Å². The molecule has 0 spiro atoms. The number of thiophene rings is 1. The van der Waals surface area contributed by atoms with Gasteiger partial charge in [-0.05, 0) is 52.7 Å². The molecule has 1 saturated heterocycles. The Morgan fingerprint density at radius 2 is 2.20 bits per heavy atom. The molecule has 0 radical (unpaired) electrons. The lowest BCUT2D eigenvalue weighted by Gasteiger charge is -2.17. The molecule has 1 N–H and O–H groups in total. The minimum absolute atomic E-state index is 0.226. The standard InChI is InChI=1S/C15H15BrN2OS/c16-14-7-6-13(20-14)10-17-11-3-1-4-12(9-11)18-8-2-5-15(18)19/h1,3-4,6-7,9,17H,2,5,8,10H2. The van der Waals surface area contributed by atoms with E-state index in [9.17, 15) is 4.79 Å². The molecule has 1 aliphatic rings. The zero-order valence-electron chi connectivity index (χ0n) is 10.9. The van der Waals surface area contributed by atoms with Gasteiger partial charge >= 0.3 is 0 Å². The average Bonchev–Trinajstić information content (AvgIpc) is 3.05. The molecule has 0 unspecified atom stereocenters. The number of benzene rings is 1. The molecule has 104 valence electrons. The van der Waals surface area contributed by atoms with Crippen molar-refractivity contribution in [3.8, 4) is 0 Å². The fourth-order valence-corrected chi connectivity index (χ4v) is 3.76. The Balaban J connectivity index is 1.69. The fraction of sp³-hybridized carbons (Fsp3) is 0.267. The van der Waals surface area contributed by atoms with Crippen molar-refractivity contribution in [1.29, 1.82) is 0 Å². The first-order valence-corrected chi connectivity index (χ1v) is 8.22. The van der Waals surface area contributed by atoms with Crippen LogP contribution in [0.2, 0.25) is 0 Å². The number of carbonyl (C=O) groups excluding carboxylic acids is 1. The SMILES string of the molecule is O=C1CCCN1c1cccc(NCc2ccc(Br)s2)c1. The van der Waals surface area contributed by atoms with Crippen molar-refractivity contribution in [1.82, 2.24) is 0 Å². The van der Waals surface area contributed by atoms with Gasteiger partial charge in [0.1, 0.15) is 0 Å². The first-order valence-electron chi connectivity index (χ1n) is 6.61. The number of rotatable bonds is 4. The van der Waals surface area contributed by atoms with Crippen molar-refractivity contribution in [3.63, 3.8) is 0 Å². The quantitative estimate of drug-likeness (QED) is 0.893. The molecular formula is C15H15BrN2OS. The molecule has 3 rings (SSSR count). The Bertz CT molecular complexity index is 626. The predicted octanol–water partition coefficient (Wildman–Crippen LogP) is 4.25. The number of amides is 1. The molecule has 0 aliphatic carbocycles. The fourth-order valence-electron chi connectivity index (χ4n) is 2.34. The van der Waals surface area contributed by atoms with Crippen LogP contribution in [0.5, 0.6) is 0 Å². The summed E-state index contributed by atoms with van der Waals surface area (Å²) in [5.74, 6) is 0.226. The smallest absolute Gasteiger partial charge is 0.227 e. The van der Waals surface area contributed by atoms with Gasteiger partial charge in [0.25, 0.3) is 0 Å². The predicted molar refractivity (Wildman–Crippen MR) is 87.4 cm³/mol. The van der Waals surface area contributed by atoms with Gasteiger partial charge in [-0.25, -0.2) is 0 Å². The molecule has 0 atom stereocenters. The van der Waals surface area contributed by atoms with Gasteiger partial charge in [0, 0.05) is 35.8 Å². The van der Waals surface area contributed by atoms with Crippen LogP contribution in [0.25, 0.3) is 0 Å². The highest BCUT2D eigenvalue weighted by Gasteiger charge is 2.21. The Labute approximate surface area is 130 Å². The molecule has 0 bridgehead atoms. The van der Waals surface area contributed by atoms with E-state index in [1.165, 1.54) is 4.88 Å². The second-order valence-corrected chi connectivity index (χ2v) is 7.31. The lowest BCUT2D eigenvalue weighted by Crippen LogP contribution is -2.23. The summed E-state index contributed by atoms with van der Waals surface area (Å²) in [7, 11) is 0. The van der Waals surface area contributed by atoms with Crippen LogP contribution in [0.15, 0.2) is 40.2 Å². The van der Waals surface area contributed by atoms with Crippen LogP contribution in [-0.4, -0.2) is 12.5 Å². The summed E-state index contributed by atoms with van der Waals surface area (Å²) in [6.45, 7) is 1.63. The molecule has 1 amide bonds. The van der Waals surface area contributed by atoms with Gasteiger partial charge in [0.15, 0.2) is 0 Å². The summed E-state index contributed by atoms with van der Waals surface area (Å²) in [5.41, 5.74) is 2.04. The summed E-state index contributed by atoms with van der Waals surface area (Å²) in [6.07, 6.45) is 1.63. The summed E-state index contributed by atoms with van der Waals surface area (Å²) < 4.78 is 1.14. The average molecular weight is 351 g/mol. The first kappa shape index (κ1) is 13.6. The largest absolute Gasteiger partial charge is 0.380 e. The topological polar surface area (TPSA) is 32.3 Å². The summed E-state index contributed by atoms with van der Waals surface area (Å²) >= 11 is 5.19. The van der Waals surface area contributed by atoms with Crippen molar-refractivity contribution in [2.24, 2.45) is 0 Å². The second kappa shape index (κ2) is 5.97. The van der Waals surface area contributed by atoms with Crippen LogP contribution >= 0.6 is 27.3 Å². The highest BCUT2D eigenvalue weighted by Crippen LogP contribution is 2.26. The van der Waals surface area contributed by atoms with E-state index in [4.69, 9.17) is 0 Å². The number of hydrogen-bond acceptors (Lipinski definition) is 3. The molecule has 20 heavy (non-hydrogen) atoms. The van der Waals surface area contributed by atoms with Crippen LogP contribution in [-0.2, 0) is 11.3 Å². The lowest BCUT2D eigenvalue weighted by molar-refractivity contribution is -0.117. The third-order valence-electron chi connectivity index (χ3n) is 3.33. The molecule has 3 nitrogen and oxygen atoms in total. The Hall–Kier alpha value is -1.33. The van der Waals surface area contributed by atoms with E-state index < -0.39 is 0 Å². The van der Waals surface area contributed by atoms with Crippen molar-refractivity contribution < 1.29 is 4.79 Å². The maximum atomic E-state index is 11.8. The highest BCUT2D eigenvalue weighted by atomic mass is 79.9. The molecule has 5 heteroatoms. The van der Waals surface area contributed by atoms with Gasteiger partial charge in [-0.15, -0.1) is 11.3 Å². The van der Waals surface area contributed by atoms with Crippen LogP contribution in [0.4, 0.5) is 11.4 Å². The van der Waals surface area contributed by atoms with E-state index in [-0.39, 0.29) is 5.91 Å². The van der Waals surface area contributed by atoms with Gasteiger partial charge in [0.05, 0.1) is 3.79 Å². The number of nitrogens with one attached hydrogen (secondary N) is 1. The molecular weight excluding hydrogens is 336 g/mol. The summed E-state index contributed by atoms with van der Waals surface area (Å²) in [6, 6.07) is 12.2. The molecule has 0 saturated carbocycles. The number of nitrogens with zero attached hydrogens (tertiary/aromatic N) is 1. The van der Waals surface area contributed by atoms with E-state index in [0.717, 1.165) is 34.7 Å². The summed E-state index contributed by atoms with van der Waals surface area (Å²) in [5, 5.41) is 3.40. The zero-order chi connectivity index (χ0) is 13.9. The Kier molecular flexibility index (Phi) is 4.08. The zero-order valence-corrected chi connectivity index (χ0v) is 13.3. The van der Waals surface area contributed by atoms with Crippen LogP contribution in [0.3, 0.4) is 0 Å². The number of carbonyl (C=O) groups is 1. The maximum Gasteiger partial charge on any atom is 0.227 e. The van der Waals surface area contributed by atoms with E-state index in [1.807, 2.05) is 29.2 Å². The third-order valence-corrected chi connectivity index (χ3v) is 4.95. The van der Waals surface area contributed by atoms with E-state index >= 15 is 0 Å². The van der Waals surface area contributed by atoms with E-state index in [1.54, 1.807) is 11.3 Å². The van der Waals surface area contributed by atoms with E-state index in [0.29, 0.717) is 6.42 Å². The van der Waals surface area contributed by atoms with Crippen LogP contribution in [0.1, 0.15) is 17.7 Å². The highest BCUT2D eigenvalue weighted by molar-refractivity contribution is 9.11. The minimum atomic E-state index is 0.226. The van der Waals surface area contributed by atoms with Crippen molar-refractivity contribution >= 4 is 44.5 Å². The van der Waals surface area contributed by atoms with Gasteiger partial charge in [0.2, 0.25) is 5.91 Å². The van der Waals surface area contributed by atoms with Gasteiger partial charge < -0.3 is 10.2 Å². The lowest BCUT2D eigenvalue weighted by atomic mass is 10.2. The Morgan fingerprint density at radius 3 is 2.90 bits per heavy atom. The number of hydrogen-bond donors (Lipinski definition) is 1. The van der Waals surface area contributed by atoms with E-state index in [2.05, 4.69) is 33.4 Å². The summed E-state index contributed by atoms with van der Waals surface area (Å²) in [4.78, 5) is 14.9. The molecule has 2 heterocycles. The first-order chi connectivity index (χ1) is 9.72. The normalized spacial score (nSPS) is 14.8. The van der Waals surface area contributed by atoms with Gasteiger partial charge in [-0.1, -0.05) is 6.07 Å². The number of halogens is 1. The Morgan fingerprint density at radius 1 is 1.30 bits per heavy atom. The molecule has 1 aromatic heterocycles. The van der Waals surface area contributed by atoms with Crippen molar-refractivity contribution in [2.45, 2.75) is 19.4 Å². The molecule has 1 fully saturated rings. The van der Waals surface area contributed by atoms with Crippen molar-refractivity contribution in [3.05, 3.63) is 45.1 Å². The van der Waals surface area contributed by atoms with Crippen LogP contribution < -0.4 is 10.2 Å². The third kappa shape index (κ3) is 3.04. The van der Waals surface area contributed by atoms with Crippen molar-refractivity contribution in [2.75, 3.05) is 16.8 Å².